The highest BCUT2D eigenvalue weighted by Crippen LogP contribution is 2.40. The van der Waals surface area contributed by atoms with Gasteiger partial charge in [0, 0.05) is 5.57 Å². The van der Waals surface area contributed by atoms with Gasteiger partial charge in [-0.2, -0.15) is 5.26 Å². The van der Waals surface area contributed by atoms with Crippen LogP contribution >= 0.6 is 0 Å². The molecule has 1 unspecified atom stereocenters. The molecule has 0 amide bonds. The van der Waals surface area contributed by atoms with E-state index < -0.39 is 0 Å². The molecular weight excluding hydrogens is 338 g/mol. The molecule has 0 radical (unpaired) electrons. The summed E-state index contributed by atoms with van der Waals surface area (Å²) in [5.74, 6) is 2.29. The van der Waals surface area contributed by atoms with Gasteiger partial charge in [0.25, 0.3) is 0 Å². The lowest BCUT2D eigenvalue weighted by atomic mass is 9.76. The second kappa shape index (κ2) is 10.8. The van der Waals surface area contributed by atoms with Gasteiger partial charge in [0.1, 0.15) is 0 Å². The molecule has 1 atom stereocenters. The van der Waals surface area contributed by atoms with Crippen LogP contribution in [0.15, 0.2) is 35.4 Å². The highest BCUT2D eigenvalue weighted by atomic mass is 14.3. The van der Waals surface area contributed by atoms with Crippen LogP contribution in [0.4, 0.5) is 0 Å². The van der Waals surface area contributed by atoms with Crippen molar-refractivity contribution in [2.45, 2.75) is 109 Å². The van der Waals surface area contributed by atoms with Gasteiger partial charge in [0.05, 0.1) is 6.07 Å². The third-order valence-electron chi connectivity index (χ3n) is 7.31. The monoisotopic (exact) mass is 377 g/mol. The predicted molar refractivity (Wildman–Crippen MR) is 119 cm³/mol. The van der Waals surface area contributed by atoms with E-state index in [1.54, 1.807) is 5.56 Å². The summed E-state index contributed by atoms with van der Waals surface area (Å²) in [6, 6.07) is 12.1. The van der Waals surface area contributed by atoms with E-state index in [4.69, 9.17) is 0 Å². The van der Waals surface area contributed by atoms with E-state index in [0.29, 0.717) is 5.92 Å². The normalized spacial score (nSPS) is 25.5. The highest BCUT2D eigenvalue weighted by Gasteiger charge is 2.24. The third-order valence-corrected chi connectivity index (χ3v) is 7.31. The van der Waals surface area contributed by atoms with Crippen molar-refractivity contribution in [1.82, 2.24) is 0 Å². The molecule has 0 bridgehead atoms. The Morgan fingerprint density at radius 2 is 1.54 bits per heavy atom. The minimum atomic E-state index is 0.541. The van der Waals surface area contributed by atoms with Crippen LogP contribution in [0.25, 0.3) is 0 Å². The first-order valence-electron chi connectivity index (χ1n) is 12.0. The summed E-state index contributed by atoms with van der Waals surface area (Å²) in [5.41, 5.74) is 5.54. The summed E-state index contributed by atoms with van der Waals surface area (Å²) in [4.78, 5) is 0. The van der Waals surface area contributed by atoms with Crippen molar-refractivity contribution in [3.63, 3.8) is 0 Å². The van der Waals surface area contributed by atoms with Crippen molar-refractivity contribution in [1.29, 1.82) is 5.26 Å². The fraction of sp³-hybridized carbons (Fsp3) is 0.667. The van der Waals surface area contributed by atoms with E-state index in [2.05, 4.69) is 44.2 Å². The molecule has 0 aliphatic heterocycles. The lowest BCUT2D eigenvalue weighted by Crippen LogP contribution is -2.13. The molecule has 2 aliphatic carbocycles. The molecule has 1 fully saturated rings. The Morgan fingerprint density at radius 1 is 0.857 bits per heavy atom. The molecular formula is C27H39N. The molecule has 0 aromatic heterocycles. The second-order valence-corrected chi connectivity index (χ2v) is 9.26. The number of nitrogens with zero attached hydrogens (tertiary/aromatic N) is 1. The number of hydrogen-bond acceptors (Lipinski definition) is 1. The first-order valence-corrected chi connectivity index (χ1v) is 12.0. The Morgan fingerprint density at radius 3 is 2.14 bits per heavy atom. The lowest BCUT2D eigenvalue weighted by Gasteiger charge is -2.29. The summed E-state index contributed by atoms with van der Waals surface area (Å²) in [5, 5.41) is 9.65. The van der Waals surface area contributed by atoms with E-state index in [0.717, 1.165) is 36.7 Å². The van der Waals surface area contributed by atoms with Gasteiger partial charge in [0.15, 0.2) is 0 Å². The van der Waals surface area contributed by atoms with Gasteiger partial charge < -0.3 is 0 Å². The summed E-state index contributed by atoms with van der Waals surface area (Å²) in [6.07, 6.45) is 16.6. The van der Waals surface area contributed by atoms with Crippen LogP contribution in [-0.2, 0) is 0 Å². The Kier molecular flexibility index (Phi) is 8.20. The molecule has 1 nitrogen and oxygen atoms in total. The van der Waals surface area contributed by atoms with E-state index >= 15 is 0 Å². The number of nitriles is 1. The van der Waals surface area contributed by atoms with Gasteiger partial charge in [0.2, 0.25) is 0 Å². The maximum absolute atomic E-state index is 9.65. The van der Waals surface area contributed by atoms with Crippen molar-refractivity contribution >= 4 is 0 Å². The van der Waals surface area contributed by atoms with Crippen LogP contribution < -0.4 is 0 Å². The van der Waals surface area contributed by atoms with Crippen LogP contribution in [0.3, 0.4) is 0 Å². The zero-order chi connectivity index (χ0) is 19.8. The van der Waals surface area contributed by atoms with Gasteiger partial charge in [-0.3, -0.25) is 0 Å². The fourth-order valence-electron chi connectivity index (χ4n) is 5.50. The molecule has 1 aromatic rings. The third kappa shape index (κ3) is 5.50. The maximum atomic E-state index is 9.65. The van der Waals surface area contributed by atoms with Crippen molar-refractivity contribution < 1.29 is 0 Å². The van der Waals surface area contributed by atoms with Crippen molar-refractivity contribution in [3.8, 4) is 6.07 Å². The van der Waals surface area contributed by atoms with Crippen molar-refractivity contribution in [2.75, 3.05) is 0 Å². The van der Waals surface area contributed by atoms with E-state index in [1.807, 2.05) is 0 Å². The number of hydrogen-bond donors (Lipinski definition) is 0. The van der Waals surface area contributed by atoms with Crippen molar-refractivity contribution in [3.05, 3.63) is 46.5 Å². The van der Waals surface area contributed by atoms with Gasteiger partial charge in [-0.25, -0.2) is 0 Å². The van der Waals surface area contributed by atoms with Crippen LogP contribution in [0.1, 0.15) is 120 Å². The average Bonchev–Trinajstić information content (AvgIpc) is 2.75. The van der Waals surface area contributed by atoms with Gasteiger partial charge in [-0.05, 0) is 86.7 Å². The SMILES string of the molecule is CCCCCC1=C(C#N)CC(c2ccc([C@H]3CC[C@H](CCC)CC3)cc2)CC1. The Hall–Kier alpha value is -1.55. The molecule has 152 valence electrons. The van der Waals surface area contributed by atoms with Gasteiger partial charge >= 0.3 is 0 Å². The van der Waals surface area contributed by atoms with E-state index in [1.165, 1.54) is 75.3 Å². The highest BCUT2D eigenvalue weighted by molar-refractivity contribution is 5.36. The molecule has 0 heterocycles. The van der Waals surface area contributed by atoms with Crippen LogP contribution in [0, 0.1) is 17.2 Å². The van der Waals surface area contributed by atoms with Gasteiger partial charge in [-0.15, -0.1) is 0 Å². The topological polar surface area (TPSA) is 23.8 Å². The molecule has 1 heteroatoms. The number of benzene rings is 1. The molecule has 0 saturated heterocycles. The first-order chi connectivity index (χ1) is 13.7. The van der Waals surface area contributed by atoms with Crippen LogP contribution in [0.2, 0.25) is 0 Å². The Bertz CT molecular complexity index is 667. The molecule has 1 saturated carbocycles. The average molecular weight is 378 g/mol. The molecule has 0 N–H and O–H groups in total. The molecule has 3 rings (SSSR count). The minimum Gasteiger partial charge on any atom is -0.193 e. The summed E-state index contributed by atoms with van der Waals surface area (Å²) < 4.78 is 0. The van der Waals surface area contributed by atoms with Crippen molar-refractivity contribution in [2.24, 2.45) is 5.92 Å². The lowest BCUT2D eigenvalue weighted by molar-refractivity contribution is 0.308. The van der Waals surface area contributed by atoms with Crippen LogP contribution in [-0.4, -0.2) is 0 Å². The zero-order valence-electron chi connectivity index (χ0n) is 18.2. The molecule has 1 aromatic carbocycles. The Balaban J connectivity index is 1.58. The number of rotatable bonds is 8. The Labute approximate surface area is 173 Å². The number of allylic oxidation sites excluding steroid dienone is 2. The van der Waals surface area contributed by atoms with Gasteiger partial charge in [-0.1, -0.05) is 69.4 Å². The van der Waals surface area contributed by atoms with Crippen LogP contribution in [0.5, 0.6) is 0 Å². The largest absolute Gasteiger partial charge is 0.193 e. The first kappa shape index (κ1) is 21.2. The quantitative estimate of drug-likeness (QED) is 0.417. The van der Waals surface area contributed by atoms with E-state index in [-0.39, 0.29) is 0 Å². The molecule has 0 spiro atoms. The smallest absolute Gasteiger partial charge is 0.0946 e. The standard InChI is InChI=1S/C27H39N/c1-3-5-6-8-22-17-18-26(19-27(22)20-28)25-15-13-24(14-16-25)23-11-9-21(7-4-2)10-12-23/h13-16,21,23,26H,3-12,17-19H2,1-2H3/t21-,23-,26?. The van der Waals surface area contributed by atoms with E-state index in [9.17, 15) is 5.26 Å². The maximum Gasteiger partial charge on any atom is 0.0946 e. The summed E-state index contributed by atoms with van der Waals surface area (Å²) in [6.45, 7) is 4.56. The molecule has 2 aliphatic rings. The molecule has 28 heavy (non-hydrogen) atoms. The minimum absolute atomic E-state index is 0.541. The summed E-state index contributed by atoms with van der Waals surface area (Å²) >= 11 is 0. The fourth-order valence-corrected chi connectivity index (χ4v) is 5.50. The summed E-state index contributed by atoms with van der Waals surface area (Å²) in [7, 11) is 0. The zero-order valence-corrected chi connectivity index (χ0v) is 18.2. The second-order valence-electron chi connectivity index (χ2n) is 9.26. The number of unbranched alkanes of at least 4 members (excludes halogenated alkanes) is 2. The predicted octanol–water partition coefficient (Wildman–Crippen LogP) is 8.43.